The number of anilines is 1. The van der Waals surface area contributed by atoms with Crippen molar-refractivity contribution in [3.8, 4) is 0 Å². The summed E-state index contributed by atoms with van der Waals surface area (Å²) in [5.74, 6) is -1.13. The highest BCUT2D eigenvalue weighted by molar-refractivity contribution is 8.00. The maximum atomic E-state index is 12.5. The lowest BCUT2D eigenvalue weighted by Crippen LogP contribution is -2.21. The maximum Gasteiger partial charge on any atom is 0.416 e. The molecule has 0 atom stereocenters. The first kappa shape index (κ1) is 19.8. The zero-order chi connectivity index (χ0) is 19.2. The Labute approximate surface area is 152 Å². The van der Waals surface area contributed by atoms with Gasteiger partial charge < -0.3 is 10.1 Å². The Balaban J connectivity index is 1.76. The minimum absolute atomic E-state index is 0.0540. The molecule has 0 aliphatic carbocycles. The fourth-order valence-electron chi connectivity index (χ4n) is 1.98. The second-order valence-electron chi connectivity index (χ2n) is 5.34. The molecule has 2 aromatic carbocycles. The second kappa shape index (κ2) is 8.75. The number of ether oxygens (including phenoxy) is 1. The number of aryl methyl sites for hydroxylation is 1. The lowest BCUT2D eigenvalue weighted by atomic mass is 10.2. The summed E-state index contributed by atoms with van der Waals surface area (Å²) >= 11 is 1.30. The van der Waals surface area contributed by atoms with Gasteiger partial charge in [-0.2, -0.15) is 13.2 Å². The Hall–Kier alpha value is -2.48. The normalized spacial score (nSPS) is 11.1. The van der Waals surface area contributed by atoms with Crippen LogP contribution in [0.25, 0.3) is 0 Å². The van der Waals surface area contributed by atoms with Gasteiger partial charge in [0.2, 0.25) is 0 Å². The number of alkyl halides is 3. The van der Waals surface area contributed by atoms with Crippen LogP contribution in [0.2, 0.25) is 0 Å². The lowest BCUT2D eigenvalue weighted by molar-refractivity contribution is -0.144. The van der Waals surface area contributed by atoms with Crippen LogP contribution in [0.3, 0.4) is 0 Å². The standard InChI is InChI=1S/C18H16F3NO3S/c1-12-4-2-3-5-15(12)26-11-17(24)25-10-16(23)22-14-8-6-13(7-9-14)18(19,20)21/h2-9H,10-11H2,1H3,(H,22,23). The SMILES string of the molecule is Cc1ccccc1SCC(=O)OCC(=O)Nc1ccc(C(F)(F)F)cc1. The predicted molar refractivity (Wildman–Crippen MR) is 92.9 cm³/mol. The fourth-order valence-corrected chi connectivity index (χ4v) is 2.81. The molecule has 0 heterocycles. The first-order chi connectivity index (χ1) is 12.3. The molecule has 0 aliphatic heterocycles. The third-order valence-corrected chi connectivity index (χ3v) is 4.45. The second-order valence-corrected chi connectivity index (χ2v) is 6.36. The van der Waals surface area contributed by atoms with Crippen molar-refractivity contribution in [1.29, 1.82) is 0 Å². The Morgan fingerprint density at radius 2 is 1.73 bits per heavy atom. The molecule has 0 saturated carbocycles. The van der Waals surface area contributed by atoms with Gasteiger partial charge in [-0.25, -0.2) is 0 Å². The van der Waals surface area contributed by atoms with Gasteiger partial charge in [0.15, 0.2) is 6.61 Å². The number of carbonyl (C=O) groups is 2. The van der Waals surface area contributed by atoms with E-state index in [1.165, 1.54) is 11.8 Å². The van der Waals surface area contributed by atoms with E-state index in [1.807, 2.05) is 31.2 Å². The van der Waals surface area contributed by atoms with Gasteiger partial charge in [-0.1, -0.05) is 18.2 Å². The molecule has 2 aromatic rings. The highest BCUT2D eigenvalue weighted by Gasteiger charge is 2.29. The van der Waals surface area contributed by atoms with E-state index in [4.69, 9.17) is 4.74 Å². The van der Waals surface area contributed by atoms with Crippen LogP contribution in [0.1, 0.15) is 11.1 Å². The third kappa shape index (κ3) is 6.11. The van der Waals surface area contributed by atoms with Crippen LogP contribution in [0, 0.1) is 6.92 Å². The van der Waals surface area contributed by atoms with Gasteiger partial charge in [-0.3, -0.25) is 9.59 Å². The summed E-state index contributed by atoms with van der Waals surface area (Å²) in [7, 11) is 0. The summed E-state index contributed by atoms with van der Waals surface area (Å²) in [6.07, 6.45) is -4.44. The summed E-state index contributed by atoms with van der Waals surface area (Å²) < 4.78 is 42.3. The van der Waals surface area contributed by atoms with Crippen LogP contribution >= 0.6 is 11.8 Å². The minimum atomic E-state index is -4.44. The Morgan fingerprint density at radius 3 is 2.35 bits per heavy atom. The molecule has 8 heteroatoms. The summed E-state index contributed by atoms with van der Waals surface area (Å²) in [6, 6.07) is 11.5. The van der Waals surface area contributed by atoms with Crippen LogP contribution in [0.15, 0.2) is 53.4 Å². The zero-order valence-corrected chi connectivity index (χ0v) is 14.6. The zero-order valence-electron chi connectivity index (χ0n) is 13.8. The molecule has 0 radical (unpaired) electrons. The minimum Gasteiger partial charge on any atom is -0.455 e. The summed E-state index contributed by atoms with van der Waals surface area (Å²) in [5, 5.41) is 2.37. The number of hydrogen-bond acceptors (Lipinski definition) is 4. The Morgan fingerprint density at radius 1 is 1.08 bits per heavy atom. The van der Waals surface area contributed by atoms with Crippen LogP contribution in [0.4, 0.5) is 18.9 Å². The predicted octanol–water partition coefficient (Wildman–Crippen LogP) is 4.29. The van der Waals surface area contributed by atoms with E-state index in [2.05, 4.69) is 5.32 Å². The number of nitrogens with one attached hydrogen (secondary N) is 1. The Bertz CT molecular complexity index is 776. The maximum absolute atomic E-state index is 12.5. The summed E-state index contributed by atoms with van der Waals surface area (Å²) in [6.45, 7) is 1.42. The van der Waals surface area contributed by atoms with Gasteiger partial charge in [0.25, 0.3) is 5.91 Å². The number of amides is 1. The number of carbonyl (C=O) groups excluding carboxylic acids is 2. The van der Waals surface area contributed by atoms with Crippen molar-refractivity contribution in [3.63, 3.8) is 0 Å². The van der Waals surface area contributed by atoms with Gasteiger partial charge in [0, 0.05) is 10.6 Å². The number of benzene rings is 2. The molecule has 4 nitrogen and oxygen atoms in total. The van der Waals surface area contributed by atoms with Gasteiger partial charge in [-0.05, 0) is 42.8 Å². The molecular formula is C18H16F3NO3S. The van der Waals surface area contributed by atoms with Gasteiger partial charge in [0.1, 0.15) is 0 Å². The molecule has 0 bridgehead atoms. The van der Waals surface area contributed by atoms with E-state index < -0.39 is 30.2 Å². The van der Waals surface area contributed by atoms with Crippen molar-refractivity contribution in [2.45, 2.75) is 18.0 Å². The van der Waals surface area contributed by atoms with Crippen LogP contribution < -0.4 is 5.32 Å². The number of thioether (sulfide) groups is 1. The molecule has 1 amide bonds. The van der Waals surface area contributed by atoms with Crippen LogP contribution in [0.5, 0.6) is 0 Å². The average Bonchev–Trinajstić information content (AvgIpc) is 2.59. The number of hydrogen-bond donors (Lipinski definition) is 1. The van der Waals surface area contributed by atoms with E-state index in [0.717, 1.165) is 34.7 Å². The first-order valence-electron chi connectivity index (χ1n) is 7.57. The van der Waals surface area contributed by atoms with E-state index in [-0.39, 0.29) is 11.4 Å². The molecule has 2 rings (SSSR count). The first-order valence-corrected chi connectivity index (χ1v) is 8.55. The van der Waals surface area contributed by atoms with E-state index >= 15 is 0 Å². The Kier molecular flexibility index (Phi) is 6.68. The van der Waals surface area contributed by atoms with Gasteiger partial charge in [-0.15, -0.1) is 11.8 Å². The van der Waals surface area contributed by atoms with Crippen molar-refractivity contribution >= 4 is 29.3 Å². The fraction of sp³-hybridized carbons (Fsp3) is 0.222. The monoisotopic (exact) mass is 383 g/mol. The highest BCUT2D eigenvalue weighted by Crippen LogP contribution is 2.29. The highest BCUT2D eigenvalue weighted by atomic mass is 32.2. The number of esters is 1. The lowest BCUT2D eigenvalue weighted by Gasteiger charge is -2.09. The third-order valence-electron chi connectivity index (χ3n) is 3.30. The molecule has 0 aromatic heterocycles. The molecule has 0 aliphatic rings. The van der Waals surface area contributed by atoms with Crippen molar-refractivity contribution in [2.24, 2.45) is 0 Å². The smallest absolute Gasteiger partial charge is 0.416 e. The summed E-state index contributed by atoms with van der Waals surface area (Å²) in [5.41, 5.74) is 0.411. The van der Waals surface area contributed by atoms with Crippen molar-refractivity contribution in [3.05, 3.63) is 59.7 Å². The van der Waals surface area contributed by atoms with E-state index in [0.29, 0.717) is 0 Å². The van der Waals surface area contributed by atoms with Crippen molar-refractivity contribution < 1.29 is 27.5 Å². The molecule has 1 N–H and O–H groups in total. The van der Waals surface area contributed by atoms with E-state index in [1.54, 1.807) is 0 Å². The molecule has 0 spiro atoms. The van der Waals surface area contributed by atoms with Gasteiger partial charge in [0.05, 0.1) is 11.3 Å². The quantitative estimate of drug-likeness (QED) is 0.597. The molecule has 0 fully saturated rings. The van der Waals surface area contributed by atoms with Crippen molar-refractivity contribution in [2.75, 3.05) is 17.7 Å². The topological polar surface area (TPSA) is 55.4 Å². The average molecular weight is 383 g/mol. The van der Waals surface area contributed by atoms with E-state index in [9.17, 15) is 22.8 Å². The largest absolute Gasteiger partial charge is 0.455 e. The molecule has 0 unspecified atom stereocenters. The van der Waals surface area contributed by atoms with Crippen molar-refractivity contribution in [1.82, 2.24) is 0 Å². The van der Waals surface area contributed by atoms with Gasteiger partial charge >= 0.3 is 12.1 Å². The van der Waals surface area contributed by atoms with Crippen LogP contribution in [-0.4, -0.2) is 24.2 Å². The molecule has 0 saturated heterocycles. The molecule has 138 valence electrons. The van der Waals surface area contributed by atoms with Crippen LogP contribution in [-0.2, 0) is 20.5 Å². The molecule has 26 heavy (non-hydrogen) atoms. The summed E-state index contributed by atoms with van der Waals surface area (Å²) in [4.78, 5) is 24.3. The number of halogens is 3. The molecular weight excluding hydrogens is 367 g/mol. The number of rotatable bonds is 6.